The Bertz CT molecular complexity index is 1430. The quantitative estimate of drug-likeness (QED) is 0.452. The van der Waals surface area contributed by atoms with E-state index in [4.69, 9.17) is 10.00 Å². The molecule has 1 aliphatic rings. The molecule has 2 N–H and O–H groups in total. The Morgan fingerprint density at radius 1 is 1.17 bits per heavy atom. The lowest BCUT2D eigenvalue weighted by atomic mass is 10.2. The highest BCUT2D eigenvalue weighted by atomic mass is 16.5. The zero-order valence-corrected chi connectivity index (χ0v) is 19.3. The molecular weight excluding hydrogens is 446 g/mol. The van der Waals surface area contributed by atoms with Crippen LogP contribution < -0.4 is 15.4 Å². The highest BCUT2D eigenvalue weighted by molar-refractivity contribution is 5.94. The summed E-state index contributed by atoms with van der Waals surface area (Å²) >= 11 is 0. The van der Waals surface area contributed by atoms with Gasteiger partial charge in [-0.2, -0.15) is 10.2 Å². The Hall–Kier alpha value is -4.56. The predicted molar refractivity (Wildman–Crippen MR) is 129 cm³/mol. The summed E-state index contributed by atoms with van der Waals surface area (Å²) in [5, 5.41) is 15.6. The average Bonchev–Trinajstić information content (AvgIpc) is 3.26. The van der Waals surface area contributed by atoms with Crippen molar-refractivity contribution in [3.8, 4) is 17.7 Å². The van der Waals surface area contributed by atoms with E-state index < -0.39 is 0 Å². The number of amides is 1. The number of nitrogens with zero attached hydrogens (tertiary/aromatic N) is 7. The molecule has 11 heteroatoms. The number of nitrogens with one attached hydrogen (secondary N) is 2. The molecule has 4 aromatic rings. The lowest BCUT2D eigenvalue weighted by Gasteiger charge is -2.27. The fraction of sp³-hybridized carbons (Fsp3) is 0.250. The molecule has 0 spiro atoms. The van der Waals surface area contributed by atoms with Crippen molar-refractivity contribution in [2.75, 3.05) is 31.5 Å². The third kappa shape index (κ3) is 4.60. The monoisotopic (exact) mass is 469 g/mol. The standard InChI is InChI=1S/C24H23N9O2/c1-15-9-17(11-25)27-13-19(15)35-21-10-18(22-23(31-21)32(2)14-29-22)30-20-4-3-16(12-28-20)24(34)33-7-5-26-6-8-33/h3-4,9-10,12-14,26H,5-8H2,1-2H3,(H,28,30,31). The van der Waals surface area contributed by atoms with Crippen LogP contribution in [0.15, 0.2) is 43.0 Å². The first kappa shape index (κ1) is 22.2. The minimum atomic E-state index is -0.0244. The van der Waals surface area contributed by atoms with E-state index in [0.29, 0.717) is 58.6 Å². The summed E-state index contributed by atoms with van der Waals surface area (Å²) in [6.07, 6.45) is 4.75. The van der Waals surface area contributed by atoms with Gasteiger partial charge in [0, 0.05) is 45.5 Å². The van der Waals surface area contributed by atoms with E-state index in [0.717, 1.165) is 18.7 Å². The molecule has 0 bridgehead atoms. The summed E-state index contributed by atoms with van der Waals surface area (Å²) in [5.41, 5.74) is 3.55. The zero-order chi connectivity index (χ0) is 24.4. The van der Waals surface area contributed by atoms with E-state index in [1.165, 1.54) is 6.20 Å². The molecule has 0 aromatic carbocycles. The average molecular weight is 470 g/mol. The Morgan fingerprint density at radius 2 is 2.00 bits per heavy atom. The zero-order valence-electron chi connectivity index (χ0n) is 19.3. The highest BCUT2D eigenvalue weighted by Gasteiger charge is 2.19. The van der Waals surface area contributed by atoms with Gasteiger partial charge < -0.3 is 24.8 Å². The topological polar surface area (TPSA) is 134 Å². The van der Waals surface area contributed by atoms with E-state index in [-0.39, 0.29) is 5.91 Å². The van der Waals surface area contributed by atoms with E-state index in [2.05, 4.69) is 30.6 Å². The number of aryl methyl sites for hydroxylation is 2. The molecular formula is C24H23N9O2. The number of hydrogen-bond acceptors (Lipinski definition) is 9. The molecule has 0 unspecified atom stereocenters. The summed E-state index contributed by atoms with van der Waals surface area (Å²) in [7, 11) is 1.85. The fourth-order valence-electron chi connectivity index (χ4n) is 3.83. The van der Waals surface area contributed by atoms with Crippen LogP contribution in [0.5, 0.6) is 11.6 Å². The number of anilines is 2. The second-order valence-corrected chi connectivity index (χ2v) is 8.18. The maximum atomic E-state index is 12.7. The lowest BCUT2D eigenvalue weighted by Crippen LogP contribution is -2.46. The van der Waals surface area contributed by atoms with Gasteiger partial charge in [0.05, 0.1) is 23.8 Å². The molecule has 0 radical (unpaired) electrons. The van der Waals surface area contributed by atoms with E-state index in [1.54, 1.807) is 41.4 Å². The van der Waals surface area contributed by atoms with Crippen LogP contribution in [-0.2, 0) is 7.05 Å². The van der Waals surface area contributed by atoms with Crippen LogP contribution in [0.1, 0.15) is 21.6 Å². The first-order valence-electron chi connectivity index (χ1n) is 11.1. The smallest absolute Gasteiger partial charge is 0.255 e. The molecule has 1 saturated heterocycles. The number of carbonyl (C=O) groups excluding carboxylic acids is 1. The number of carbonyl (C=O) groups is 1. The van der Waals surface area contributed by atoms with Gasteiger partial charge in [0.2, 0.25) is 5.88 Å². The van der Waals surface area contributed by atoms with Crippen LogP contribution in [-0.4, -0.2) is 61.5 Å². The number of fused-ring (bicyclic) bond motifs is 1. The number of ether oxygens (including phenoxy) is 1. The molecule has 5 heterocycles. The van der Waals surface area contributed by atoms with Crippen molar-refractivity contribution in [3.05, 3.63) is 59.8 Å². The lowest BCUT2D eigenvalue weighted by molar-refractivity contribution is 0.0735. The van der Waals surface area contributed by atoms with E-state index in [9.17, 15) is 4.79 Å². The third-order valence-electron chi connectivity index (χ3n) is 5.71. The van der Waals surface area contributed by atoms with Crippen molar-refractivity contribution >= 4 is 28.6 Å². The highest BCUT2D eigenvalue weighted by Crippen LogP contribution is 2.31. The normalized spacial score (nSPS) is 13.5. The Balaban J connectivity index is 1.41. The molecule has 5 rings (SSSR count). The number of aromatic nitrogens is 5. The minimum absolute atomic E-state index is 0.0244. The number of pyridine rings is 3. The minimum Gasteiger partial charge on any atom is -0.437 e. The summed E-state index contributed by atoms with van der Waals surface area (Å²) in [6, 6.07) is 8.93. The molecule has 1 aliphatic heterocycles. The number of piperazine rings is 1. The van der Waals surface area contributed by atoms with Crippen molar-refractivity contribution in [1.29, 1.82) is 5.26 Å². The van der Waals surface area contributed by atoms with Crippen molar-refractivity contribution in [3.63, 3.8) is 0 Å². The Labute approximate surface area is 201 Å². The summed E-state index contributed by atoms with van der Waals surface area (Å²) in [5.74, 6) is 1.37. The molecule has 0 atom stereocenters. The van der Waals surface area contributed by atoms with Crippen LogP contribution in [0.3, 0.4) is 0 Å². The summed E-state index contributed by atoms with van der Waals surface area (Å²) in [4.78, 5) is 32.1. The van der Waals surface area contributed by atoms with Crippen molar-refractivity contribution in [2.45, 2.75) is 6.92 Å². The van der Waals surface area contributed by atoms with Gasteiger partial charge in [-0.15, -0.1) is 0 Å². The van der Waals surface area contributed by atoms with Crippen molar-refractivity contribution in [1.82, 2.24) is 34.7 Å². The summed E-state index contributed by atoms with van der Waals surface area (Å²) < 4.78 is 7.79. The van der Waals surface area contributed by atoms with Gasteiger partial charge in [-0.05, 0) is 30.7 Å². The van der Waals surface area contributed by atoms with Gasteiger partial charge in [0.15, 0.2) is 11.4 Å². The number of nitriles is 1. The first-order valence-corrected chi connectivity index (χ1v) is 11.1. The molecule has 35 heavy (non-hydrogen) atoms. The number of rotatable bonds is 5. The maximum Gasteiger partial charge on any atom is 0.255 e. The van der Waals surface area contributed by atoms with Gasteiger partial charge in [-0.3, -0.25) is 4.79 Å². The van der Waals surface area contributed by atoms with Crippen LogP contribution in [0.25, 0.3) is 11.2 Å². The van der Waals surface area contributed by atoms with Crippen molar-refractivity contribution in [2.24, 2.45) is 7.05 Å². The predicted octanol–water partition coefficient (Wildman–Crippen LogP) is 2.52. The second kappa shape index (κ2) is 9.36. The SMILES string of the molecule is Cc1cc(C#N)ncc1Oc1cc(Nc2ccc(C(=O)N3CCNCC3)cn2)c2ncn(C)c2n1. The van der Waals surface area contributed by atoms with Crippen LogP contribution in [0.4, 0.5) is 11.5 Å². The Kier molecular flexibility index (Phi) is 5.95. The van der Waals surface area contributed by atoms with Crippen LogP contribution >= 0.6 is 0 Å². The number of hydrogen-bond donors (Lipinski definition) is 2. The largest absolute Gasteiger partial charge is 0.437 e. The van der Waals surface area contributed by atoms with Gasteiger partial charge in [0.1, 0.15) is 23.1 Å². The molecule has 0 saturated carbocycles. The van der Waals surface area contributed by atoms with Gasteiger partial charge in [0.25, 0.3) is 5.91 Å². The third-order valence-corrected chi connectivity index (χ3v) is 5.71. The Morgan fingerprint density at radius 3 is 2.71 bits per heavy atom. The van der Waals surface area contributed by atoms with Gasteiger partial charge >= 0.3 is 0 Å². The van der Waals surface area contributed by atoms with Gasteiger partial charge in [-0.1, -0.05) is 0 Å². The van der Waals surface area contributed by atoms with Crippen LogP contribution in [0, 0.1) is 18.3 Å². The molecule has 176 valence electrons. The molecule has 4 aromatic heterocycles. The second-order valence-electron chi connectivity index (χ2n) is 8.18. The van der Waals surface area contributed by atoms with E-state index >= 15 is 0 Å². The molecule has 1 amide bonds. The van der Waals surface area contributed by atoms with Crippen LogP contribution in [0.2, 0.25) is 0 Å². The first-order chi connectivity index (χ1) is 17.0. The maximum absolute atomic E-state index is 12.7. The summed E-state index contributed by atoms with van der Waals surface area (Å²) in [6.45, 7) is 4.80. The fourth-order valence-corrected chi connectivity index (χ4v) is 3.83. The molecule has 1 fully saturated rings. The molecule has 0 aliphatic carbocycles. The van der Waals surface area contributed by atoms with Gasteiger partial charge in [-0.25, -0.2) is 15.0 Å². The van der Waals surface area contributed by atoms with Crippen molar-refractivity contribution < 1.29 is 9.53 Å². The van der Waals surface area contributed by atoms with E-state index in [1.807, 2.05) is 24.9 Å². The number of imidazole rings is 1. The molecule has 11 nitrogen and oxygen atoms in total.